The van der Waals surface area contributed by atoms with Gasteiger partial charge in [0.25, 0.3) is 5.56 Å². The normalized spacial score (nSPS) is 10.6. The molecule has 0 bridgehead atoms. The molecule has 1 aromatic carbocycles. The number of halogens is 2. The van der Waals surface area contributed by atoms with Crippen molar-refractivity contribution in [2.45, 2.75) is 0 Å². The van der Waals surface area contributed by atoms with E-state index in [1.54, 1.807) is 0 Å². The lowest BCUT2D eigenvalue weighted by Gasteiger charge is -2.06. The second-order valence-corrected chi connectivity index (χ2v) is 4.67. The fourth-order valence-corrected chi connectivity index (χ4v) is 1.94. The van der Waals surface area contributed by atoms with Gasteiger partial charge in [-0.3, -0.25) is 14.2 Å². The molecular formula is C13H10ClFN2O3. The Bertz CT molecular complexity index is 823. The second-order valence-electron chi connectivity index (χ2n) is 4.26. The molecule has 0 aliphatic heterocycles. The van der Waals surface area contributed by atoms with Crippen molar-refractivity contribution in [3.8, 4) is 0 Å². The molecule has 0 N–H and O–H groups in total. The molecule has 1 heterocycles. The van der Waals surface area contributed by atoms with Crippen LogP contribution < -0.4 is 11.2 Å². The van der Waals surface area contributed by atoms with Gasteiger partial charge in [0, 0.05) is 25.9 Å². The molecule has 2 rings (SSSR count). The van der Waals surface area contributed by atoms with Crippen LogP contribution in [0.2, 0.25) is 5.02 Å². The highest BCUT2D eigenvalue weighted by Crippen LogP contribution is 2.17. The summed E-state index contributed by atoms with van der Waals surface area (Å²) in [4.78, 5) is 35.7. The van der Waals surface area contributed by atoms with Gasteiger partial charge in [-0.25, -0.2) is 9.18 Å². The Morgan fingerprint density at radius 3 is 2.50 bits per heavy atom. The maximum absolute atomic E-state index is 13.1. The summed E-state index contributed by atoms with van der Waals surface area (Å²) in [6, 6.07) is 3.42. The summed E-state index contributed by atoms with van der Waals surface area (Å²) in [5.41, 5.74) is -1.35. The number of benzene rings is 1. The molecule has 0 amide bonds. The van der Waals surface area contributed by atoms with Crippen molar-refractivity contribution in [3.05, 3.63) is 67.2 Å². The van der Waals surface area contributed by atoms with Gasteiger partial charge >= 0.3 is 5.69 Å². The van der Waals surface area contributed by atoms with Crippen LogP contribution in [0.1, 0.15) is 15.9 Å². The lowest BCUT2D eigenvalue weighted by Crippen LogP contribution is -2.39. The molecule has 0 atom stereocenters. The first-order valence-electron chi connectivity index (χ1n) is 5.59. The summed E-state index contributed by atoms with van der Waals surface area (Å²) in [6.07, 6.45) is 1.16. The van der Waals surface area contributed by atoms with Crippen LogP contribution in [0.5, 0.6) is 0 Å². The Balaban J connectivity index is 2.62. The topological polar surface area (TPSA) is 61.1 Å². The van der Waals surface area contributed by atoms with Gasteiger partial charge in [0.2, 0.25) is 0 Å². The van der Waals surface area contributed by atoms with Crippen molar-refractivity contribution < 1.29 is 9.18 Å². The molecule has 5 nitrogen and oxygen atoms in total. The van der Waals surface area contributed by atoms with Crippen LogP contribution in [0.25, 0.3) is 0 Å². The molecule has 104 valence electrons. The van der Waals surface area contributed by atoms with E-state index in [0.717, 1.165) is 27.5 Å². The summed E-state index contributed by atoms with van der Waals surface area (Å²) >= 11 is 5.61. The molecule has 0 aliphatic rings. The van der Waals surface area contributed by atoms with E-state index in [9.17, 15) is 18.8 Å². The Morgan fingerprint density at radius 2 is 1.90 bits per heavy atom. The zero-order valence-corrected chi connectivity index (χ0v) is 11.4. The highest BCUT2D eigenvalue weighted by atomic mass is 35.5. The Labute approximate surface area is 117 Å². The quantitative estimate of drug-likeness (QED) is 0.780. The number of rotatable bonds is 2. The molecule has 0 fully saturated rings. The fraction of sp³-hybridized carbons (Fsp3) is 0.154. The van der Waals surface area contributed by atoms with E-state index in [0.29, 0.717) is 0 Å². The summed E-state index contributed by atoms with van der Waals surface area (Å²) in [6.45, 7) is 0. The summed E-state index contributed by atoms with van der Waals surface area (Å²) in [7, 11) is 2.70. The van der Waals surface area contributed by atoms with Gasteiger partial charge < -0.3 is 4.57 Å². The van der Waals surface area contributed by atoms with Gasteiger partial charge in [0.1, 0.15) is 11.4 Å². The van der Waals surface area contributed by atoms with Crippen LogP contribution in [0, 0.1) is 5.82 Å². The van der Waals surface area contributed by atoms with Crippen molar-refractivity contribution >= 4 is 17.4 Å². The van der Waals surface area contributed by atoms with Crippen LogP contribution in [0.4, 0.5) is 4.39 Å². The molecule has 1 aromatic heterocycles. The minimum atomic E-state index is -0.710. The predicted molar refractivity (Wildman–Crippen MR) is 71.8 cm³/mol. The first-order valence-corrected chi connectivity index (χ1v) is 5.97. The number of carbonyl (C=O) groups is 1. The predicted octanol–water partition coefficient (Wildman–Crippen LogP) is 1.11. The van der Waals surface area contributed by atoms with Gasteiger partial charge in [-0.05, 0) is 18.2 Å². The smallest absolute Gasteiger partial charge is 0.303 e. The largest absolute Gasteiger partial charge is 0.330 e. The zero-order valence-electron chi connectivity index (χ0n) is 10.7. The number of aryl methyl sites for hydroxylation is 1. The number of ketones is 1. The lowest BCUT2D eigenvalue weighted by molar-refractivity contribution is 0.103. The Hall–Kier alpha value is -2.21. The summed E-state index contributed by atoms with van der Waals surface area (Å²) in [5, 5.41) is -0.211. The molecular weight excluding hydrogens is 287 g/mol. The minimum Gasteiger partial charge on any atom is -0.303 e. The number of nitrogens with zero attached hydrogens (tertiary/aromatic N) is 2. The number of hydrogen-bond acceptors (Lipinski definition) is 3. The van der Waals surface area contributed by atoms with E-state index in [1.165, 1.54) is 20.2 Å². The maximum atomic E-state index is 13.1. The van der Waals surface area contributed by atoms with Crippen molar-refractivity contribution in [1.82, 2.24) is 9.13 Å². The molecule has 0 saturated carbocycles. The van der Waals surface area contributed by atoms with Crippen LogP contribution in [-0.2, 0) is 14.1 Å². The first-order chi connectivity index (χ1) is 9.32. The molecule has 2 aromatic rings. The number of hydrogen-bond donors (Lipinski definition) is 0. The number of carbonyl (C=O) groups excluding carboxylic acids is 1. The first kappa shape index (κ1) is 14.2. The average molecular weight is 297 g/mol. The average Bonchev–Trinajstić information content (AvgIpc) is 2.43. The van der Waals surface area contributed by atoms with Crippen molar-refractivity contribution in [1.29, 1.82) is 0 Å². The molecule has 0 aliphatic carbocycles. The monoisotopic (exact) mass is 296 g/mol. The van der Waals surface area contributed by atoms with Gasteiger partial charge in [0.15, 0.2) is 5.78 Å². The maximum Gasteiger partial charge on any atom is 0.330 e. The highest BCUT2D eigenvalue weighted by molar-refractivity contribution is 6.31. The SMILES string of the molecule is Cn1cc(C(=O)c2ccc(F)c(Cl)c2)c(=O)n(C)c1=O. The standard InChI is InChI=1S/C13H10ClFN2O3/c1-16-6-8(12(19)17(2)13(16)20)11(18)7-3-4-10(15)9(14)5-7/h3-6H,1-2H3. The van der Waals surface area contributed by atoms with E-state index >= 15 is 0 Å². The fourth-order valence-electron chi connectivity index (χ4n) is 1.76. The molecule has 0 saturated heterocycles. The molecule has 0 unspecified atom stereocenters. The summed E-state index contributed by atoms with van der Waals surface area (Å²) < 4.78 is 15.0. The molecule has 0 radical (unpaired) electrons. The second kappa shape index (κ2) is 5.05. The van der Waals surface area contributed by atoms with E-state index in [4.69, 9.17) is 11.6 Å². The Morgan fingerprint density at radius 1 is 1.25 bits per heavy atom. The van der Waals surface area contributed by atoms with Gasteiger partial charge in [-0.15, -0.1) is 0 Å². The van der Waals surface area contributed by atoms with Crippen molar-refractivity contribution in [2.75, 3.05) is 0 Å². The van der Waals surface area contributed by atoms with Gasteiger partial charge in [-0.1, -0.05) is 11.6 Å². The van der Waals surface area contributed by atoms with E-state index < -0.39 is 22.8 Å². The van der Waals surface area contributed by atoms with E-state index in [1.807, 2.05) is 0 Å². The molecule has 0 spiro atoms. The van der Waals surface area contributed by atoms with Crippen molar-refractivity contribution in [2.24, 2.45) is 14.1 Å². The van der Waals surface area contributed by atoms with Crippen molar-refractivity contribution in [3.63, 3.8) is 0 Å². The molecule has 20 heavy (non-hydrogen) atoms. The minimum absolute atomic E-state index is 0.0761. The van der Waals surface area contributed by atoms with Crippen LogP contribution in [0.15, 0.2) is 34.0 Å². The summed E-state index contributed by atoms with van der Waals surface area (Å²) in [5.74, 6) is -1.28. The third kappa shape index (κ3) is 2.30. The third-order valence-electron chi connectivity index (χ3n) is 2.87. The highest BCUT2D eigenvalue weighted by Gasteiger charge is 2.17. The van der Waals surface area contributed by atoms with E-state index in [-0.39, 0.29) is 16.1 Å². The van der Waals surface area contributed by atoms with Crippen LogP contribution in [0.3, 0.4) is 0 Å². The van der Waals surface area contributed by atoms with E-state index in [2.05, 4.69) is 0 Å². The van der Waals surface area contributed by atoms with Gasteiger partial charge in [0.05, 0.1) is 5.02 Å². The number of aromatic nitrogens is 2. The lowest BCUT2D eigenvalue weighted by atomic mass is 10.1. The molecule has 7 heteroatoms. The Kier molecular flexibility index (Phi) is 3.59. The zero-order chi connectivity index (χ0) is 15.0. The van der Waals surface area contributed by atoms with Crippen LogP contribution >= 0.6 is 11.6 Å². The third-order valence-corrected chi connectivity index (χ3v) is 3.16. The van der Waals surface area contributed by atoms with Crippen LogP contribution in [-0.4, -0.2) is 14.9 Å². The van der Waals surface area contributed by atoms with Gasteiger partial charge in [-0.2, -0.15) is 0 Å².